The molecule has 9 heteroatoms. The minimum absolute atomic E-state index is 0.0328. The molecule has 0 fully saturated rings. The number of hydrogen-bond acceptors (Lipinski definition) is 4. The van der Waals surface area contributed by atoms with Crippen molar-refractivity contribution in [2.75, 3.05) is 14.2 Å². The number of rotatable bonds is 6. The lowest BCUT2D eigenvalue weighted by Crippen LogP contribution is -2.28. The number of hydrogen-bond donors (Lipinski definition) is 0. The van der Waals surface area contributed by atoms with Crippen LogP contribution < -0.4 is 4.74 Å². The minimum Gasteiger partial charge on any atom is -0.497 e. The number of benzene rings is 1. The van der Waals surface area contributed by atoms with E-state index in [4.69, 9.17) is 4.74 Å². The van der Waals surface area contributed by atoms with Gasteiger partial charge in [-0.15, -0.1) is 0 Å². The molecule has 0 spiro atoms. The number of aromatic nitrogens is 2. The van der Waals surface area contributed by atoms with Crippen LogP contribution in [0.4, 0.5) is 8.78 Å². The molecule has 0 amide bonds. The van der Waals surface area contributed by atoms with Crippen LogP contribution in [0.15, 0.2) is 41.6 Å². The summed E-state index contributed by atoms with van der Waals surface area (Å²) in [4.78, 5) is 3.82. The third-order valence-electron chi connectivity index (χ3n) is 3.09. The normalized spacial score (nSPS) is 12.1. The molecule has 22 heavy (non-hydrogen) atoms. The van der Waals surface area contributed by atoms with Gasteiger partial charge in [0.25, 0.3) is 0 Å². The Hall–Kier alpha value is -2.00. The Labute approximate surface area is 127 Å². The van der Waals surface area contributed by atoms with Crippen LogP contribution in [0.5, 0.6) is 5.75 Å². The highest BCUT2D eigenvalue weighted by Gasteiger charge is 2.23. The van der Waals surface area contributed by atoms with E-state index >= 15 is 0 Å². The Kier molecular flexibility index (Phi) is 4.77. The number of halogens is 2. The quantitative estimate of drug-likeness (QED) is 0.813. The van der Waals surface area contributed by atoms with Gasteiger partial charge in [-0.3, -0.25) is 4.57 Å². The molecule has 2 aromatic rings. The smallest absolute Gasteiger partial charge is 0.319 e. The summed E-state index contributed by atoms with van der Waals surface area (Å²) in [5.41, 5.74) is 0. The molecule has 0 aliphatic rings. The van der Waals surface area contributed by atoms with E-state index in [9.17, 15) is 17.2 Å². The lowest BCUT2D eigenvalue weighted by Gasteiger charge is -2.17. The third-order valence-corrected chi connectivity index (χ3v) is 4.91. The number of methoxy groups -OCH3 is 1. The van der Waals surface area contributed by atoms with E-state index < -0.39 is 16.6 Å². The van der Waals surface area contributed by atoms with Crippen molar-refractivity contribution in [1.29, 1.82) is 0 Å². The largest absolute Gasteiger partial charge is 0.497 e. The summed E-state index contributed by atoms with van der Waals surface area (Å²) in [6.07, 6.45) is 2.31. The van der Waals surface area contributed by atoms with Crippen LogP contribution >= 0.6 is 0 Å². The van der Waals surface area contributed by atoms with Crippen LogP contribution in [0.25, 0.3) is 0 Å². The molecule has 1 aromatic heterocycles. The molecule has 0 atom stereocenters. The maximum atomic E-state index is 12.8. The van der Waals surface area contributed by atoms with Gasteiger partial charge in [0.1, 0.15) is 11.6 Å². The van der Waals surface area contributed by atoms with Crippen molar-refractivity contribution in [3.63, 3.8) is 0 Å². The maximum absolute atomic E-state index is 12.8. The zero-order valence-electron chi connectivity index (χ0n) is 12.0. The minimum atomic E-state index is -3.80. The Morgan fingerprint density at radius 1 is 1.32 bits per heavy atom. The van der Waals surface area contributed by atoms with E-state index in [2.05, 4.69) is 4.98 Å². The van der Waals surface area contributed by atoms with E-state index in [-0.39, 0.29) is 17.3 Å². The van der Waals surface area contributed by atoms with Gasteiger partial charge in [0.2, 0.25) is 10.0 Å². The highest BCUT2D eigenvalue weighted by atomic mass is 32.2. The predicted molar refractivity (Wildman–Crippen MR) is 75.1 cm³/mol. The standard InChI is InChI=1S/C13H15F2N3O3S/c1-17(9-12-16-7-8-18(12)13(14)15)22(19,20)11-5-3-10(21-2)4-6-11/h3-8,13H,9H2,1-2H3. The van der Waals surface area contributed by atoms with Crippen molar-refractivity contribution in [2.45, 2.75) is 18.0 Å². The van der Waals surface area contributed by atoms with Crippen molar-refractivity contribution in [1.82, 2.24) is 13.9 Å². The van der Waals surface area contributed by atoms with Gasteiger partial charge in [0.15, 0.2) is 0 Å². The fourth-order valence-electron chi connectivity index (χ4n) is 1.86. The van der Waals surface area contributed by atoms with Gasteiger partial charge in [-0.25, -0.2) is 13.4 Å². The van der Waals surface area contributed by atoms with Crippen molar-refractivity contribution >= 4 is 10.0 Å². The molecule has 6 nitrogen and oxygen atoms in total. The maximum Gasteiger partial charge on any atom is 0.319 e. The van der Waals surface area contributed by atoms with E-state index in [0.717, 1.165) is 10.5 Å². The number of sulfonamides is 1. The van der Waals surface area contributed by atoms with Gasteiger partial charge in [0, 0.05) is 19.4 Å². The van der Waals surface area contributed by atoms with Gasteiger partial charge in [0.05, 0.1) is 18.6 Å². The molecule has 0 saturated carbocycles. The summed E-state index contributed by atoms with van der Waals surface area (Å²) in [5.74, 6) is 0.490. The van der Waals surface area contributed by atoms with Crippen LogP contribution in [0.1, 0.15) is 12.4 Å². The molecule has 0 unspecified atom stereocenters. The molecule has 0 saturated heterocycles. The van der Waals surface area contributed by atoms with Crippen molar-refractivity contribution in [2.24, 2.45) is 0 Å². The monoisotopic (exact) mass is 331 g/mol. The van der Waals surface area contributed by atoms with E-state index in [1.54, 1.807) is 0 Å². The Balaban J connectivity index is 2.23. The van der Waals surface area contributed by atoms with Crippen molar-refractivity contribution in [3.8, 4) is 5.75 Å². The summed E-state index contributed by atoms with van der Waals surface area (Å²) in [5, 5.41) is 0. The predicted octanol–water partition coefficient (Wildman–Crippen LogP) is 2.11. The van der Waals surface area contributed by atoms with Crippen LogP contribution in [-0.4, -0.2) is 36.4 Å². The van der Waals surface area contributed by atoms with E-state index in [0.29, 0.717) is 10.3 Å². The first-order valence-corrected chi connectivity index (χ1v) is 7.70. The first-order valence-electron chi connectivity index (χ1n) is 6.26. The van der Waals surface area contributed by atoms with Gasteiger partial charge in [-0.05, 0) is 24.3 Å². The molecule has 2 rings (SSSR count). The molecular weight excluding hydrogens is 316 g/mol. The molecule has 0 radical (unpaired) electrons. The highest BCUT2D eigenvalue weighted by molar-refractivity contribution is 7.89. The van der Waals surface area contributed by atoms with Crippen molar-refractivity contribution in [3.05, 3.63) is 42.5 Å². The molecule has 1 heterocycles. The second kappa shape index (κ2) is 6.41. The molecule has 0 aliphatic heterocycles. The number of alkyl halides is 2. The average Bonchev–Trinajstić information content (AvgIpc) is 2.95. The summed E-state index contributed by atoms with van der Waals surface area (Å²) in [7, 11) is -1.02. The summed E-state index contributed by atoms with van der Waals surface area (Å²) < 4.78 is 56.9. The SMILES string of the molecule is COc1ccc(S(=O)(=O)N(C)Cc2nccn2C(F)F)cc1. The molecule has 0 aliphatic carbocycles. The topological polar surface area (TPSA) is 64.4 Å². The zero-order chi connectivity index (χ0) is 16.3. The molecule has 0 bridgehead atoms. The molecule has 120 valence electrons. The fraction of sp³-hybridized carbons (Fsp3) is 0.308. The fourth-order valence-corrected chi connectivity index (χ4v) is 2.98. The van der Waals surface area contributed by atoms with Crippen LogP contribution in [0.2, 0.25) is 0 Å². The number of nitrogens with zero attached hydrogens (tertiary/aromatic N) is 3. The number of imidazole rings is 1. The van der Waals surface area contributed by atoms with Crippen LogP contribution in [0.3, 0.4) is 0 Å². The van der Waals surface area contributed by atoms with Gasteiger partial charge < -0.3 is 4.74 Å². The second-order valence-electron chi connectivity index (χ2n) is 4.47. The molecule has 0 N–H and O–H groups in total. The Bertz CT molecular complexity index is 729. The molecular formula is C13H15F2N3O3S. The summed E-state index contributed by atoms with van der Waals surface area (Å²) >= 11 is 0. The lowest BCUT2D eigenvalue weighted by atomic mass is 10.3. The lowest BCUT2D eigenvalue weighted by molar-refractivity contribution is 0.0658. The summed E-state index contributed by atoms with van der Waals surface area (Å²) in [6.45, 7) is -3.03. The van der Waals surface area contributed by atoms with Gasteiger partial charge >= 0.3 is 6.55 Å². The highest BCUT2D eigenvalue weighted by Crippen LogP contribution is 2.21. The summed E-state index contributed by atoms with van der Waals surface area (Å²) in [6, 6.07) is 5.82. The zero-order valence-corrected chi connectivity index (χ0v) is 12.8. The first-order chi connectivity index (χ1) is 10.4. The van der Waals surface area contributed by atoms with Crippen molar-refractivity contribution < 1.29 is 21.9 Å². The van der Waals surface area contributed by atoms with E-state index in [1.807, 2.05) is 0 Å². The Morgan fingerprint density at radius 3 is 2.50 bits per heavy atom. The van der Waals surface area contributed by atoms with Gasteiger partial charge in [-0.1, -0.05) is 0 Å². The molecule has 1 aromatic carbocycles. The van der Waals surface area contributed by atoms with Gasteiger partial charge in [-0.2, -0.15) is 13.1 Å². The second-order valence-corrected chi connectivity index (χ2v) is 6.51. The van der Waals surface area contributed by atoms with Crippen LogP contribution in [0, 0.1) is 0 Å². The third kappa shape index (κ3) is 3.25. The first kappa shape index (κ1) is 16.4. The van der Waals surface area contributed by atoms with Crippen LogP contribution in [-0.2, 0) is 16.6 Å². The average molecular weight is 331 g/mol. The van der Waals surface area contributed by atoms with E-state index in [1.165, 1.54) is 44.6 Å². The number of ether oxygens (including phenoxy) is 1. The Morgan fingerprint density at radius 2 is 1.95 bits per heavy atom.